The lowest BCUT2D eigenvalue weighted by Crippen LogP contribution is -2.35. The van der Waals surface area contributed by atoms with Crippen molar-refractivity contribution in [3.8, 4) is 0 Å². The molecule has 1 aliphatic heterocycles. The van der Waals surface area contributed by atoms with Crippen LogP contribution in [0.25, 0.3) is 0 Å². The molecule has 0 atom stereocenters. The van der Waals surface area contributed by atoms with Gasteiger partial charge in [-0.2, -0.15) is 5.10 Å². The van der Waals surface area contributed by atoms with Gasteiger partial charge in [0.05, 0.1) is 18.8 Å². The van der Waals surface area contributed by atoms with Crippen molar-refractivity contribution in [1.82, 2.24) is 24.8 Å². The van der Waals surface area contributed by atoms with Gasteiger partial charge in [-0.15, -0.1) is 0 Å². The molecule has 22 heavy (non-hydrogen) atoms. The maximum Gasteiger partial charge on any atom is 0.297 e. The van der Waals surface area contributed by atoms with Crippen LogP contribution in [-0.4, -0.2) is 43.9 Å². The summed E-state index contributed by atoms with van der Waals surface area (Å²) in [7, 11) is 0. The first-order valence-electron chi connectivity index (χ1n) is 7.65. The molecule has 0 radical (unpaired) electrons. The van der Waals surface area contributed by atoms with Crippen LogP contribution in [0.15, 0.2) is 18.5 Å². The second-order valence-electron chi connectivity index (χ2n) is 5.79. The third-order valence-corrected chi connectivity index (χ3v) is 3.68. The van der Waals surface area contributed by atoms with Crippen LogP contribution in [0.1, 0.15) is 54.6 Å². The highest BCUT2D eigenvalue weighted by atomic mass is 16.7. The molecular weight excluding hydrogens is 282 g/mol. The Hall–Kier alpha value is -2.15. The largest absolute Gasteiger partial charge is 0.329 e. The van der Waals surface area contributed by atoms with E-state index >= 15 is 0 Å². The van der Waals surface area contributed by atoms with Crippen LogP contribution >= 0.6 is 0 Å². The molecule has 3 heterocycles. The molecule has 0 unspecified atom stereocenters. The second kappa shape index (κ2) is 6.31. The van der Waals surface area contributed by atoms with Crippen LogP contribution < -0.4 is 0 Å². The average Bonchev–Trinajstić information content (AvgIpc) is 3.17. The first-order valence-corrected chi connectivity index (χ1v) is 7.65. The molecule has 1 aliphatic rings. The molecule has 1 N–H and O–H groups in total. The van der Waals surface area contributed by atoms with Crippen molar-refractivity contribution < 1.29 is 9.63 Å². The van der Waals surface area contributed by atoms with Crippen LogP contribution in [0.5, 0.6) is 0 Å². The lowest BCUT2D eigenvalue weighted by Gasteiger charge is -2.24. The van der Waals surface area contributed by atoms with E-state index in [0.717, 1.165) is 24.4 Å². The fraction of sp³-hybridized carbons (Fsp3) is 0.533. The highest BCUT2D eigenvalue weighted by Crippen LogP contribution is 2.15. The quantitative estimate of drug-likeness (QED) is 0.936. The highest BCUT2D eigenvalue weighted by molar-refractivity contribution is 5.91. The molecule has 1 amide bonds. The maximum absolute atomic E-state index is 12.3. The van der Waals surface area contributed by atoms with Gasteiger partial charge in [0.15, 0.2) is 5.69 Å². The standard InChI is InChI=1S/C15H21N5O2/c1-11(2)14-16-5-7-19(14)10-12-9-13(18-17-12)15(21)20-6-3-4-8-22-20/h5,7,9,11H,3-4,6,8,10H2,1-2H3,(H,17,18). The Morgan fingerprint density at radius 3 is 3.05 bits per heavy atom. The number of amides is 1. The number of hydrogen-bond acceptors (Lipinski definition) is 4. The van der Waals surface area contributed by atoms with Gasteiger partial charge >= 0.3 is 0 Å². The number of hydrogen-bond donors (Lipinski definition) is 1. The van der Waals surface area contributed by atoms with E-state index < -0.39 is 0 Å². The summed E-state index contributed by atoms with van der Waals surface area (Å²) in [6, 6.07) is 1.78. The molecule has 0 saturated carbocycles. The van der Waals surface area contributed by atoms with Gasteiger partial charge in [0.25, 0.3) is 5.91 Å². The Morgan fingerprint density at radius 2 is 2.32 bits per heavy atom. The minimum Gasteiger partial charge on any atom is -0.329 e. The molecular formula is C15H21N5O2. The van der Waals surface area contributed by atoms with Crippen molar-refractivity contribution in [2.75, 3.05) is 13.2 Å². The van der Waals surface area contributed by atoms with Gasteiger partial charge < -0.3 is 4.57 Å². The summed E-state index contributed by atoms with van der Waals surface area (Å²) < 4.78 is 2.06. The fourth-order valence-electron chi connectivity index (χ4n) is 2.58. The Balaban J connectivity index is 1.70. The van der Waals surface area contributed by atoms with E-state index in [9.17, 15) is 4.79 Å². The number of rotatable bonds is 4. The zero-order valence-corrected chi connectivity index (χ0v) is 13.0. The van der Waals surface area contributed by atoms with E-state index in [1.807, 2.05) is 6.20 Å². The first kappa shape index (κ1) is 14.8. The number of carbonyl (C=O) groups excluding carboxylic acids is 1. The number of nitrogens with one attached hydrogen (secondary N) is 1. The van der Waals surface area contributed by atoms with Crippen molar-refractivity contribution in [2.45, 2.75) is 39.2 Å². The third-order valence-electron chi connectivity index (χ3n) is 3.68. The predicted octanol–water partition coefficient (Wildman–Crippen LogP) is 1.95. The molecule has 0 bridgehead atoms. The minimum atomic E-state index is -0.183. The first-order chi connectivity index (χ1) is 10.6. The van der Waals surface area contributed by atoms with Gasteiger partial charge in [-0.05, 0) is 18.9 Å². The maximum atomic E-state index is 12.3. The molecule has 0 aliphatic carbocycles. The predicted molar refractivity (Wildman–Crippen MR) is 80.2 cm³/mol. The summed E-state index contributed by atoms with van der Waals surface area (Å²) >= 11 is 0. The Labute approximate surface area is 129 Å². The number of aromatic nitrogens is 4. The van der Waals surface area contributed by atoms with Crippen LogP contribution in [-0.2, 0) is 11.4 Å². The minimum absolute atomic E-state index is 0.183. The summed E-state index contributed by atoms with van der Waals surface area (Å²) in [4.78, 5) is 22.0. The molecule has 3 rings (SSSR count). The number of hydroxylamine groups is 2. The molecule has 0 spiro atoms. The van der Waals surface area contributed by atoms with E-state index in [0.29, 0.717) is 31.3 Å². The van der Waals surface area contributed by atoms with Crippen molar-refractivity contribution in [3.63, 3.8) is 0 Å². The lowest BCUT2D eigenvalue weighted by molar-refractivity contribution is -0.144. The van der Waals surface area contributed by atoms with Gasteiger partial charge in [0.1, 0.15) is 5.82 Å². The van der Waals surface area contributed by atoms with Crippen molar-refractivity contribution in [2.24, 2.45) is 0 Å². The van der Waals surface area contributed by atoms with E-state index in [4.69, 9.17) is 4.84 Å². The molecule has 118 valence electrons. The number of aromatic amines is 1. The Bertz CT molecular complexity index is 640. The van der Waals surface area contributed by atoms with E-state index in [-0.39, 0.29) is 5.91 Å². The fourth-order valence-corrected chi connectivity index (χ4v) is 2.58. The monoisotopic (exact) mass is 303 g/mol. The summed E-state index contributed by atoms with van der Waals surface area (Å²) in [6.45, 7) is 6.05. The smallest absolute Gasteiger partial charge is 0.297 e. The van der Waals surface area contributed by atoms with Crippen molar-refractivity contribution >= 4 is 5.91 Å². The Morgan fingerprint density at radius 1 is 1.45 bits per heavy atom. The number of nitrogens with zero attached hydrogens (tertiary/aromatic N) is 4. The Kier molecular flexibility index (Phi) is 4.24. The molecule has 1 saturated heterocycles. The van der Waals surface area contributed by atoms with Crippen molar-refractivity contribution in [1.29, 1.82) is 0 Å². The zero-order chi connectivity index (χ0) is 15.5. The van der Waals surface area contributed by atoms with Gasteiger partial charge in [-0.1, -0.05) is 13.8 Å². The van der Waals surface area contributed by atoms with Crippen molar-refractivity contribution in [3.05, 3.63) is 35.7 Å². The van der Waals surface area contributed by atoms with E-state index in [1.54, 1.807) is 12.3 Å². The molecule has 2 aromatic heterocycles. The summed E-state index contributed by atoms with van der Waals surface area (Å²) in [5.41, 5.74) is 1.27. The van der Waals surface area contributed by atoms with Crippen LogP contribution in [0.4, 0.5) is 0 Å². The van der Waals surface area contributed by atoms with Gasteiger partial charge in [-0.25, -0.2) is 10.0 Å². The average molecular weight is 303 g/mol. The third kappa shape index (κ3) is 3.04. The number of H-pyrrole nitrogens is 1. The SMILES string of the molecule is CC(C)c1nccn1Cc1cc(C(=O)N2CCCCO2)n[nH]1. The molecule has 7 nitrogen and oxygen atoms in total. The van der Waals surface area contributed by atoms with Gasteiger partial charge in [0, 0.05) is 24.9 Å². The number of carbonyl (C=O) groups is 1. The zero-order valence-electron chi connectivity index (χ0n) is 13.0. The van der Waals surface area contributed by atoms with E-state index in [1.165, 1.54) is 5.06 Å². The molecule has 0 aromatic carbocycles. The summed E-state index contributed by atoms with van der Waals surface area (Å²) in [5, 5.41) is 8.45. The van der Waals surface area contributed by atoms with Gasteiger partial charge in [-0.3, -0.25) is 14.7 Å². The molecule has 1 fully saturated rings. The lowest BCUT2D eigenvalue weighted by atomic mass is 10.2. The highest BCUT2D eigenvalue weighted by Gasteiger charge is 2.22. The summed E-state index contributed by atoms with van der Waals surface area (Å²) in [6.07, 6.45) is 5.69. The van der Waals surface area contributed by atoms with Crippen LogP contribution in [0, 0.1) is 0 Å². The summed E-state index contributed by atoms with van der Waals surface area (Å²) in [5.74, 6) is 1.18. The number of imidazole rings is 1. The van der Waals surface area contributed by atoms with Crippen LogP contribution in [0.2, 0.25) is 0 Å². The normalized spacial score (nSPS) is 15.5. The van der Waals surface area contributed by atoms with E-state index in [2.05, 4.69) is 33.6 Å². The van der Waals surface area contributed by atoms with Gasteiger partial charge in [0.2, 0.25) is 0 Å². The van der Waals surface area contributed by atoms with Crippen LogP contribution in [0.3, 0.4) is 0 Å². The molecule has 7 heteroatoms. The second-order valence-corrected chi connectivity index (χ2v) is 5.79. The molecule has 2 aromatic rings. The topological polar surface area (TPSA) is 76.0 Å².